The van der Waals surface area contributed by atoms with Crippen molar-refractivity contribution in [3.8, 4) is 0 Å². The average molecular weight is 249 g/mol. The van der Waals surface area contributed by atoms with Gasteiger partial charge in [-0.15, -0.1) is 0 Å². The number of nitrogen functional groups attached to an aromatic ring is 1. The minimum absolute atomic E-state index is 0.202. The van der Waals surface area contributed by atoms with Crippen molar-refractivity contribution in [3.05, 3.63) is 29.6 Å². The van der Waals surface area contributed by atoms with Gasteiger partial charge in [-0.3, -0.25) is 5.41 Å². The number of nitrogens with zero attached hydrogens (tertiary/aromatic N) is 1. The predicted octanol–water partition coefficient (Wildman–Crippen LogP) is 2.74. The number of halogens is 1. The first-order chi connectivity index (χ1) is 8.41. The molecule has 4 heteroatoms. The zero-order valence-electron chi connectivity index (χ0n) is 11.0. The van der Waals surface area contributed by atoms with E-state index in [-0.39, 0.29) is 16.8 Å². The van der Waals surface area contributed by atoms with Crippen molar-refractivity contribution in [2.75, 3.05) is 18.0 Å². The molecule has 0 aromatic heterocycles. The van der Waals surface area contributed by atoms with Crippen LogP contribution in [0.15, 0.2) is 18.2 Å². The number of amidine groups is 1. The summed E-state index contributed by atoms with van der Waals surface area (Å²) in [6, 6.07) is 4.88. The van der Waals surface area contributed by atoms with Gasteiger partial charge in [0.05, 0.1) is 11.3 Å². The highest BCUT2D eigenvalue weighted by molar-refractivity contribution is 6.00. The van der Waals surface area contributed by atoms with Crippen molar-refractivity contribution in [2.24, 2.45) is 11.1 Å². The molecule has 1 aromatic carbocycles. The van der Waals surface area contributed by atoms with Crippen molar-refractivity contribution in [1.82, 2.24) is 0 Å². The fraction of sp³-hybridized carbons (Fsp3) is 0.500. The van der Waals surface area contributed by atoms with Crippen LogP contribution in [0.2, 0.25) is 0 Å². The van der Waals surface area contributed by atoms with Crippen LogP contribution in [0.3, 0.4) is 0 Å². The standard InChI is InChI=1S/C14H20FN3/c1-14(2)7-4-8-18(9-14)11-6-3-5-10(15)12(11)13(16)17/h3,5-6H,4,7-9H2,1-2H3,(H3,16,17). The van der Waals surface area contributed by atoms with E-state index in [0.29, 0.717) is 0 Å². The van der Waals surface area contributed by atoms with E-state index in [1.807, 2.05) is 6.07 Å². The van der Waals surface area contributed by atoms with Gasteiger partial charge in [-0.2, -0.15) is 0 Å². The lowest BCUT2D eigenvalue weighted by Crippen LogP contribution is -2.41. The number of nitrogens with two attached hydrogens (primary N) is 1. The van der Waals surface area contributed by atoms with Crippen molar-refractivity contribution in [1.29, 1.82) is 5.41 Å². The molecule has 0 amide bonds. The number of nitrogens with one attached hydrogen (secondary N) is 1. The summed E-state index contributed by atoms with van der Waals surface area (Å²) in [6.45, 7) is 6.20. The van der Waals surface area contributed by atoms with Crippen LogP contribution in [-0.4, -0.2) is 18.9 Å². The third-order valence-corrected chi connectivity index (χ3v) is 3.50. The molecule has 0 aliphatic carbocycles. The van der Waals surface area contributed by atoms with Crippen LogP contribution in [0, 0.1) is 16.6 Å². The van der Waals surface area contributed by atoms with Gasteiger partial charge in [0.15, 0.2) is 0 Å². The lowest BCUT2D eigenvalue weighted by Gasteiger charge is -2.40. The van der Waals surface area contributed by atoms with Crippen LogP contribution >= 0.6 is 0 Å². The maximum absolute atomic E-state index is 13.8. The third kappa shape index (κ3) is 2.47. The summed E-state index contributed by atoms with van der Waals surface area (Å²) in [5.41, 5.74) is 6.70. The molecule has 0 atom stereocenters. The van der Waals surface area contributed by atoms with Gasteiger partial charge in [0.2, 0.25) is 0 Å². The Kier molecular flexibility index (Phi) is 3.28. The molecule has 2 rings (SSSR count). The summed E-state index contributed by atoms with van der Waals surface area (Å²) in [5, 5.41) is 7.55. The maximum atomic E-state index is 13.8. The maximum Gasteiger partial charge on any atom is 0.136 e. The van der Waals surface area contributed by atoms with Gasteiger partial charge in [0.1, 0.15) is 11.7 Å². The van der Waals surface area contributed by atoms with E-state index in [1.54, 1.807) is 6.07 Å². The van der Waals surface area contributed by atoms with E-state index in [9.17, 15) is 4.39 Å². The Morgan fingerprint density at radius 2 is 2.17 bits per heavy atom. The highest BCUT2D eigenvalue weighted by Gasteiger charge is 2.28. The van der Waals surface area contributed by atoms with Crippen LogP contribution in [0.25, 0.3) is 0 Å². The first-order valence-electron chi connectivity index (χ1n) is 6.28. The van der Waals surface area contributed by atoms with Crippen molar-refractivity contribution >= 4 is 11.5 Å². The van der Waals surface area contributed by atoms with Gasteiger partial charge in [-0.1, -0.05) is 19.9 Å². The van der Waals surface area contributed by atoms with E-state index in [1.165, 1.54) is 12.5 Å². The molecular formula is C14H20FN3. The molecule has 1 aliphatic rings. The molecule has 0 spiro atoms. The number of hydrogen-bond donors (Lipinski definition) is 2. The van der Waals surface area contributed by atoms with Crippen LogP contribution in [-0.2, 0) is 0 Å². The minimum Gasteiger partial charge on any atom is -0.384 e. The van der Waals surface area contributed by atoms with E-state index >= 15 is 0 Å². The molecule has 98 valence electrons. The van der Waals surface area contributed by atoms with Crippen LogP contribution in [0.1, 0.15) is 32.3 Å². The molecule has 1 aromatic rings. The summed E-state index contributed by atoms with van der Waals surface area (Å²) in [6.07, 6.45) is 2.26. The predicted molar refractivity (Wildman–Crippen MR) is 72.6 cm³/mol. The largest absolute Gasteiger partial charge is 0.384 e. The van der Waals surface area contributed by atoms with Gasteiger partial charge in [-0.05, 0) is 30.4 Å². The molecule has 1 heterocycles. The first kappa shape index (κ1) is 12.9. The summed E-state index contributed by atoms with van der Waals surface area (Å²) >= 11 is 0. The Morgan fingerprint density at radius 3 is 2.78 bits per heavy atom. The topological polar surface area (TPSA) is 53.1 Å². The van der Waals surface area contributed by atoms with E-state index < -0.39 is 5.82 Å². The number of anilines is 1. The van der Waals surface area contributed by atoms with Gasteiger partial charge in [0.25, 0.3) is 0 Å². The smallest absolute Gasteiger partial charge is 0.136 e. The van der Waals surface area contributed by atoms with Crippen molar-refractivity contribution < 1.29 is 4.39 Å². The first-order valence-corrected chi connectivity index (χ1v) is 6.28. The zero-order chi connectivity index (χ0) is 13.3. The SMILES string of the molecule is CC1(C)CCCN(c2cccc(F)c2C(=N)N)C1. The Hall–Kier alpha value is -1.58. The second-order valence-electron chi connectivity index (χ2n) is 5.74. The second kappa shape index (κ2) is 4.59. The van der Waals surface area contributed by atoms with Crippen LogP contribution in [0.4, 0.5) is 10.1 Å². The second-order valence-corrected chi connectivity index (χ2v) is 5.74. The fourth-order valence-electron chi connectivity index (χ4n) is 2.67. The highest BCUT2D eigenvalue weighted by Crippen LogP contribution is 2.33. The van der Waals surface area contributed by atoms with Crippen LogP contribution < -0.4 is 10.6 Å². The molecular weight excluding hydrogens is 229 g/mol. The number of hydrogen-bond acceptors (Lipinski definition) is 2. The molecule has 3 N–H and O–H groups in total. The fourth-order valence-corrected chi connectivity index (χ4v) is 2.67. The molecule has 0 saturated carbocycles. The quantitative estimate of drug-likeness (QED) is 0.625. The molecule has 3 nitrogen and oxygen atoms in total. The van der Waals surface area contributed by atoms with Crippen molar-refractivity contribution in [3.63, 3.8) is 0 Å². The van der Waals surface area contributed by atoms with E-state index in [0.717, 1.165) is 25.2 Å². The molecule has 1 fully saturated rings. The lowest BCUT2D eigenvalue weighted by molar-refractivity contribution is 0.293. The molecule has 0 bridgehead atoms. The molecule has 1 aliphatic heterocycles. The third-order valence-electron chi connectivity index (χ3n) is 3.50. The Morgan fingerprint density at radius 1 is 1.44 bits per heavy atom. The monoisotopic (exact) mass is 249 g/mol. The normalized spacial score (nSPS) is 18.7. The summed E-state index contributed by atoms with van der Waals surface area (Å²) in [4.78, 5) is 2.14. The van der Waals surface area contributed by atoms with Crippen molar-refractivity contribution in [2.45, 2.75) is 26.7 Å². The van der Waals surface area contributed by atoms with Gasteiger partial charge < -0.3 is 10.6 Å². The molecule has 0 unspecified atom stereocenters. The summed E-state index contributed by atoms with van der Waals surface area (Å²) in [5.74, 6) is -0.616. The Balaban J connectivity index is 2.39. The minimum atomic E-state index is -0.414. The highest BCUT2D eigenvalue weighted by atomic mass is 19.1. The number of piperidine rings is 1. The Bertz CT molecular complexity index is 468. The van der Waals surface area contributed by atoms with E-state index in [2.05, 4.69) is 18.7 Å². The molecule has 1 saturated heterocycles. The summed E-state index contributed by atoms with van der Waals surface area (Å²) < 4.78 is 13.8. The Labute approximate surface area is 107 Å². The summed E-state index contributed by atoms with van der Waals surface area (Å²) in [7, 11) is 0. The number of rotatable bonds is 2. The average Bonchev–Trinajstić information content (AvgIpc) is 2.26. The van der Waals surface area contributed by atoms with Crippen LogP contribution in [0.5, 0.6) is 0 Å². The molecule has 18 heavy (non-hydrogen) atoms. The van der Waals surface area contributed by atoms with E-state index in [4.69, 9.17) is 11.1 Å². The zero-order valence-corrected chi connectivity index (χ0v) is 11.0. The van der Waals surface area contributed by atoms with Gasteiger partial charge >= 0.3 is 0 Å². The van der Waals surface area contributed by atoms with Gasteiger partial charge in [0, 0.05) is 13.1 Å². The lowest BCUT2D eigenvalue weighted by atomic mass is 9.84. The molecule has 0 radical (unpaired) electrons. The van der Waals surface area contributed by atoms with Gasteiger partial charge in [-0.25, -0.2) is 4.39 Å². The number of benzene rings is 1.